The Morgan fingerprint density at radius 2 is 1.94 bits per heavy atom. The fourth-order valence-electron chi connectivity index (χ4n) is 3.41. The Morgan fingerprint density at radius 1 is 1.15 bits per heavy atom. The Hall–Kier alpha value is -2.79. The highest BCUT2D eigenvalue weighted by Crippen LogP contribution is 2.26. The van der Waals surface area contributed by atoms with E-state index in [1.807, 2.05) is 28.8 Å². The molecule has 0 amide bonds. The Bertz CT molecular complexity index is 1690. The van der Waals surface area contributed by atoms with E-state index in [9.17, 15) is 9.59 Å². The number of hydrogen-bond acceptors (Lipinski definition) is 7. The van der Waals surface area contributed by atoms with Crippen LogP contribution in [0.25, 0.3) is 21.7 Å². The van der Waals surface area contributed by atoms with Gasteiger partial charge in [-0.25, -0.2) is 9.97 Å². The lowest BCUT2D eigenvalue weighted by Gasteiger charge is -2.07. The zero-order chi connectivity index (χ0) is 23.1. The van der Waals surface area contributed by atoms with E-state index in [2.05, 4.69) is 21.9 Å². The molecule has 7 nitrogen and oxygen atoms in total. The Balaban J connectivity index is 1.51. The predicted molar refractivity (Wildman–Crippen MR) is 136 cm³/mol. The molecule has 1 aromatic carbocycles. The van der Waals surface area contributed by atoms with Crippen LogP contribution in [0, 0.1) is 3.95 Å². The molecule has 4 heterocycles. The van der Waals surface area contributed by atoms with Gasteiger partial charge in [-0.05, 0) is 48.5 Å². The van der Waals surface area contributed by atoms with Gasteiger partial charge in [0.2, 0.25) is 0 Å². The average Bonchev–Trinajstić information content (AvgIpc) is 3.14. The van der Waals surface area contributed by atoms with Crippen molar-refractivity contribution in [3.8, 4) is 5.69 Å². The molecule has 0 atom stereocenters. The molecule has 0 aliphatic heterocycles. The van der Waals surface area contributed by atoms with Crippen LogP contribution in [0.5, 0.6) is 0 Å². The van der Waals surface area contributed by atoms with Gasteiger partial charge in [0.05, 0.1) is 10.7 Å². The fraction of sp³-hybridized carbons (Fsp3) is 0.136. The molecule has 11 heteroatoms. The summed E-state index contributed by atoms with van der Waals surface area (Å²) < 4.78 is 4.24. The number of aromatic amines is 1. The van der Waals surface area contributed by atoms with E-state index in [-0.39, 0.29) is 11.1 Å². The summed E-state index contributed by atoms with van der Waals surface area (Å²) in [4.78, 5) is 37.1. The lowest BCUT2D eigenvalue weighted by atomic mass is 10.1. The molecule has 5 rings (SSSR count). The SMILES string of the molecule is CCc1ccc(-n2c(=S)sc3c(=O)[nH]c(SCc4cc(=O)n5cc(Cl)ccc5n4)nc32)cc1. The first-order valence-corrected chi connectivity index (χ1v) is 12.6. The first kappa shape index (κ1) is 22.0. The molecule has 0 saturated carbocycles. The summed E-state index contributed by atoms with van der Waals surface area (Å²) >= 11 is 14.0. The molecule has 4 aromatic heterocycles. The summed E-state index contributed by atoms with van der Waals surface area (Å²) in [6.07, 6.45) is 2.47. The molecule has 0 aliphatic carbocycles. The summed E-state index contributed by atoms with van der Waals surface area (Å²) in [6.45, 7) is 2.10. The lowest BCUT2D eigenvalue weighted by molar-refractivity contribution is 0.940. The van der Waals surface area contributed by atoms with Crippen molar-refractivity contribution in [3.05, 3.63) is 89.6 Å². The molecule has 0 unspecified atom stereocenters. The topological polar surface area (TPSA) is 85.0 Å². The Kier molecular flexibility index (Phi) is 5.92. The summed E-state index contributed by atoms with van der Waals surface area (Å²) in [7, 11) is 0. The van der Waals surface area contributed by atoms with Gasteiger partial charge in [-0.15, -0.1) is 0 Å². The number of aromatic nitrogens is 5. The third kappa shape index (κ3) is 4.26. The molecule has 0 radical (unpaired) electrons. The first-order chi connectivity index (χ1) is 15.9. The van der Waals surface area contributed by atoms with Crippen molar-refractivity contribution in [3.63, 3.8) is 0 Å². The molecule has 0 bridgehead atoms. The first-order valence-electron chi connectivity index (χ1n) is 9.99. The molecule has 0 spiro atoms. The van der Waals surface area contributed by atoms with E-state index in [4.69, 9.17) is 23.8 Å². The minimum atomic E-state index is -0.247. The maximum atomic E-state index is 12.7. The maximum absolute atomic E-state index is 12.7. The molecule has 166 valence electrons. The van der Waals surface area contributed by atoms with E-state index in [1.54, 1.807) is 12.1 Å². The van der Waals surface area contributed by atoms with Crippen LogP contribution in [0.2, 0.25) is 5.02 Å². The van der Waals surface area contributed by atoms with Gasteiger partial charge in [0.15, 0.2) is 14.8 Å². The van der Waals surface area contributed by atoms with Gasteiger partial charge >= 0.3 is 0 Å². The van der Waals surface area contributed by atoms with Gasteiger partial charge in [-0.1, -0.05) is 53.8 Å². The van der Waals surface area contributed by atoms with Crippen molar-refractivity contribution < 1.29 is 0 Å². The number of aryl methyl sites for hydroxylation is 1. The summed E-state index contributed by atoms with van der Waals surface area (Å²) in [6, 6.07) is 12.9. The zero-order valence-corrected chi connectivity index (χ0v) is 20.4. The van der Waals surface area contributed by atoms with E-state index in [0.29, 0.717) is 41.6 Å². The number of nitrogens with zero attached hydrogens (tertiary/aromatic N) is 4. The van der Waals surface area contributed by atoms with Gasteiger partial charge in [0.25, 0.3) is 11.1 Å². The molecular weight excluding hydrogens is 498 g/mol. The molecule has 0 saturated heterocycles. The summed E-state index contributed by atoms with van der Waals surface area (Å²) in [5.74, 6) is 0.360. The van der Waals surface area contributed by atoms with Crippen molar-refractivity contribution >= 4 is 62.9 Å². The van der Waals surface area contributed by atoms with Crippen LogP contribution in [-0.4, -0.2) is 23.9 Å². The fourth-order valence-corrected chi connectivity index (χ4v) is 5.59. The second-order valence-corrected chi connectivity index (χ2v) is 10.2. The third-order valence-electron chi connectivity index (χ3n) is 5.06. The third-order valence-corrected chi connectivity index (χ3v) is 7.55. The summed E-state index contributed by atoms with van der Waals surface area (Å²) in [5.41, 5.74) is 3.20. The average molecular weight is 514 g/mol. The molecule has 33 heavy (non-hydrogen) atoms. The number of thioether (sulfide) groups is 1. The molecule has 0 aliphatic rings. The normalized spacial score (nSPS) is 11.5. The van der Waals surface area contributed by atoms with Crippen LogP contribution in [0.1, 0.15) is 18.2 Å². The number of rotatable bonds is 5. The van der Waals surface area contributed by atoms with E-state index < -0.39 is 0 Å². The summed E-state index contributed by atoms with van der Waals surface area (Å²) in [5, 5.41) is 0.885. The second kappa shape index (κ2) is 8.86. The van der Waals surface area contributed by atoms with E-state index in [0.717, 1.165) is 12.1 Å². The number of H-pyrrole nitrogens is 1. The zero-order valence-electron chi connectivity index (χ0n) is 17.2. The van der Waals surface area contributed by atoms with Crippen LogP contribution in [0.15, 0.2) is 63.4 Å². The van der Waals surface area contributed by atoms with Gasteiger partial charge in [-0.3, -0.25) is 18.6 Å². The molecule has 5 aromatic rings. The largest absolute Gasteiger partial charge is 0.300 e. The number of hydrogen-bond donors (Lipinski definition) is 1. The van der Waals surface area contributed by atoms with Crippen LogP contribution < -0.4 is 11.1 Å². The predicted octanol–water partition coefficient (Wildman–Crippen LogP) is 5.02. The van der Waals surface area contributed by atoms with Crippen LogP contribution >= 0.6 is 46.9 Å². The molecule has 0 fully saturated rings. The van der Waals surface area contributed by atoms with Crippen LogP contribution in [-0.2, 0) is 12.2 Å². The monoisotopic (exact) mass is 513 g/mol. The number of benzene rings is 1. The maximum Gasteiger partial charge on any atom is 0.271 e. The van der Waals surface area contributed by atoms with Crippen LogP contribution in [0.3, 0.4) is 0 Å². The number of thiazole rings is 1. The van der Waals surface area contributed by atoms with Crippen molar-refractivity contribution in [1.82, 2.24) is 23.9 Å². The highest BCUT2D eigenvalue weighted by molar-refractivity contribution is 7.98. The highest BCUT2D eigenvalue weighted by atomic mass is 35.5. The van der Waals surface area contributed by atoms with E-state index in [1.165, 1.54) is 45.3 Å². The van der Waals surface area contributed by atoms with Gasteiger partial charge in [-0.2, -0.15) is 0 Å². The van der Waals surface area contributed by atoms with Crippen molar-refractivity contribution in [2.75, 3.05) is 0 Å². The smallest absolute Gasteiger partial charge is 0.271 e. The van der Waals surface area contributed by atoms with Crippen molar-refractivity contribution in [2.45, 2.75) is 24.3 Å². The second-order valence-electron chi connectivity index (χ2n) is 7.20. The lowest BCUT2D eigenvalue weighted by Crippen LogP contribution is -2.15. The van der Waals surface area contributed by atoms with Gasteiger partial charge in [0.1, 0.15) is 10.3 Å². The van der Waals surface area contributed by atoms with Gasteiger partial charge < -0.3 is 4.98 Å². The quantitative estimate of drug-likeness (QED) is 0.202. The van der Waals surface area contributed by atoms with Crippen molar-refractivity contribution in [2.24, 2.45) is 0 Å². The molecular formula is C22H16ClN5O2S3. The minimum Gasteiger partial charge on any atom is -0.300 e. The molecule has 1 N–H and O–H groups in total. The van der Waals surface area contributed by atoms with Crippen LogP contribution in [0.4, 0.5) is 0 Å². The van der Waals surface area contributed by atoms with Gasteiger partial charge in [0, 0.05) is 23.7 Å². The Labute approximate surface area is 205 Å². The number of fused-ring (bicyclic) bond motifs is 2. The van der Waals surface area contributed by atoms with Crippen molar-refractivity contribution in [1.29, 1.82) is 0 Å². The van der Waals surface area contributed by atoms with E-state index >= 15 is 0 Å². The highest BCUT2D eigenvalue weighted by Gasteiger charge is 2.14. The standard InChI is InChI=1S/C22H16ClN5O2S3/c1-2-12-3-6-15(7-4-12)28-19-18(33-22(28)31)20(30)26-21(25-19)32-11-14-9-17(29)27-10-13(23)5-8-16(27)24-14/h3-10H,2,11H2,1H3,(H,25,26,30). The number of nitrogens with one attached hydrogen (secondary N) is 1. The minimum absolute atomic E-state index is 0.225. The number of pyridine rings is 1. The Morgan fingerprint density at radius 3 is 2.70 bits per heavy atom. The number of halogens is 1.